The lowest BCUT2D eigenvalue weighted by atomic mass is 10.1. The fraction of sp³-hybridized carbons (Fsp3) is 0.263. The summed E-state index contributed by atoms with van der Waals surface area (Å²) in [6.07, 6.45) is 0. The molecule has 144 valence electrons. The van der Waals surface area contributed by atoms with E-state index in [9.17, 15) is 9.59 Å². The highest BCUT2D eigenvalue weighted by Gasteiger charge is 2.25. The summed E-state index contributed by atoms with van der Waals surface area (Å²) in [5, 5.41) is 5.58. The van der Waals surface area contributed by atoms with Gasteiger partial charge in [0, 0.05) is 31.2 Å². The van der Waals surface area contributed by atoms with E-state index in [-0.39, 0.29) is 30.4 Å². The molecule has 1 atom stereocenters. The molecular weight excluding hydrogens is 368 g/mol. The summed E-state index contributed by atoms with van der Waals surface area (Å²) in [4.78, 5) is 26.0. The molecule has 0 bridgehead atoms. The maximum absolute atomic E-state index is 12.5. The first-order chi connectivity index (χ1) is 12.6. The quantitative estimate of drug-likeness (QED) is 0.703. The van der Waals surface area contributed by atoms with E-state index in [0.717, 1.165) is 5.56 Å². The molecule has 2 aromatic carbocycles. The van der Waals surface area contributed by atoms with Crippen LogP contribution in [0.25, 0.3) is 0 Å². The zero-order valence-corrected chi connectivity index (χ0v) is 15.8. The van der Waals surface area contributed by atoms with Gasteiger partial charge in [0.1, 0.15) is 5.75 Å². The van der Waals surface area contributed by atoms with Gasteiger partial charge in [-0.25, -0.2) is 4.79 Å². The van der Waals surface area contributed by atoms with Crippen molar-refractivity contribution in [3.8, 4) is 5.75 Å². The molecule has 1 heterocycles. The van der Waals surface area contributed by atoms with Crippen molar-refractivity contribution in [3.05, 3.63) is 59.7 Å². The van der Waals surface area contributed by atoms with Gasteiger partial charge in [-0.05, 0) is 23.8 Å². The molecule has 3 rings (SSSR count). The standard InChI is InChI=1S/C19H22N4O3.ClH/c1-26-17-8-7-14(11-16(17)23-10-9-21-19(23)25)18(24)22-12-15(20)13-5-3-2-4-6-13;/h2-8,11,15H,9-10,12,20H2,1H3,(H,21,25)(H,22,24);1H. The number of halogens is 1. The Morgan fingerprint density at radius 1 is 1.30 bits per heavy atom. The minimum absolute atomic E-state index is 0. The number of carbonyl (C=O) groups is 2. The van der Waals surface area contributed by atoms with Crippen LogP contribution >= 0.6 is 12.4 Å². The second-order valence-electron chi connectivity index (χ2n) is 6.00. The van der Waals surface area contributed by atoms with Crippen LogP contribution in [0.4, 0.5) is 10.5 Å². The SMILES string of the molecule is COc1ccc(C(=O)NCC(N)c2ccccc2)cc1N1CCNC1=O.Cl. The average Bonchev–Trinajstić information content (AvgIpc) is 3.11. The van der Waals surface area contributed by atoms with Crippen molar-refractivity contribution < 1.29 is 14.3 Å². The monoisotopic (exact) mass is 390 g/mol. The Morgan fingerprint density at radius 3 is 2.67 bits per heavy atom. The lowest BCUT2D eigenvalue weighted by Gasteiger charge is -2.19. The Hall–Kier alpha value is -2.77. The molecule has 0 saturated carbocycles. The number of amides is 3. The summed E-state index contributed by atoms with van der Waals surface area (Å²) in [6.45, 7) is 1.40. The summed E-state index contributed by atoms with van der Waals surface area (Å²) in [6, 6.07) is 14.1. The van der Waals surface area contributed by atoms with E-state index in [2.05, 4.69) is 10.6 Å². The van der Waals surface area contributed by atoms with Gasteiger partial charge < -0.3 is 21.1 Å². The Balaban J connectivity index is 0.00000261. The highest BCUT2D eigenvalue weighted by molar-refractivity contribution is 5.99. The van der Waals surface area contributed by atoms with Crippen LogP contribution in [0, 0.1) is 0 Å². The predicted octanol–water partition coefficient (Wildman–Crippen LogP) is 2.08. The Bertz CT molecular complexity index is 801. The fourth-order valence-corrected chi connectivity index (χ4v) is 2.87. The summed E-state index contributed by atoms with van der Waals surface area (Å²) in [5.41, 5.74) is 8.09. The van der Waals surface area contributed by atoms with Gasteiger partial charge in [-0.3, -0.25) is 9.69 Å². The van der Waals surface area contributed by atoms with Crippen LogP contribution in [0.3, 0.4) is 0 Å². The number of urea groups is 1. The van der Waals surface area contributed by atoms with Crippen LogP contribution in [0.15, 0.2) is 48.5 Å². The van der Waals surface area contributed by atoms with Crippen molar-refractivity contribution in [1.82, 2.24) is 10.6 Å². The van der Waals surface area contributed by atoms with E-state index in [1.165, 1.54) is 7.11 Å². The first kappa shape index (κ1) is 20.5. The summed E-state index contributed by atoms with van der Waals surface area (Å²) < 4.78 is 5.32. The van der Waals surface area contributed by atoms with Gasteiger partial charge in [-0.2, -0.15) is 0 Å². The first-order valence-corrected chi connectivity index (χ1v) is 8.42. The van der Waals surface area contributed by atoms with Gasteiger partial charge >= 0.3 is 6.03 Å². The van der Waals surface area contributed by atoms with E-state index < -0.39 is 0 Å². The number of carbonyl (C=O) groups excluding carboxylic acids is 2. The zero-order chi connectivity index (χ0) is 18.5. The third kappa shape index (κ3) is 4.69. The van der Waals surface area contributed by atoms with Crippen LogP contribution in [-0.4, -0.2) is 38.7 Å². The Morgan fingerprint density at radius 2 is 2.04 bits per heavy atom. The molecule has 3 amide bonds. The third-order valence-electron chi connectivity index (χ3n) is 4.30. The number of ether oxygens (including phenoxy) is 1. The molecule has 0 aliphatic carbocycles. The summed E-state index contributed by atoms with van der Waals surface area (Å²) in [7, 11) is 1.53. The van der Waals surface area contributed by atoms with Crippen LogP contribution in [0.1, 0.15) is 22.0 Å². The molecule has 2 aromatic rings. The number of methoxy groups -OCH3 is 1. The van der Waals surface area contributed by atoms with Crippen molar-refractivity contribution in [3.63, 3.8) is 0 Å². The van der Waals surface area contributed by atoms with Gasteiger partial charge in [0.25, 0.3) is 5.91 Å². The lowest BCUT2D eigenvalue weighted by molar-refractivity contribution is 0.0951. The van der Waals surface area contributed by atoms with Crippen molar-refractivity contribution in [2.24, 2.45) is 5.73 Å². The van der Waals surface area contributed by atoms with E-state index >= 15 is 0 Å². The average molecular weight is 391 g/mol. The van der Waals surface area contributed by atoms with E-state index in [4.69, 9.17) is 10.5 Å². The maximum Gasteiger partial charge on any atom is 0.322 e. The van der Waals surface area contributed by atoms with E-state index in [0.29, 0.717) is 36.6 Å². The maximum atomic E-state index is 12.5. The second-order valence-corrected chi connectivity index (χ2v) is 6.00. The minimum Gasteiger partial charge on any atom is -0.495 e. The van der Waals surface area contributed by atoms with Gasteiger partial charge in [0.15, 0.2) is 0 Å². The molecule has 27 heavy (non-hydrogen) atoms. The number of hydrogen-bond acceptors (Lipinski definition) is 4. The predicted molar refractivity (Wildman–Crippen MR) is 107 cm³/mol. The minimum atomic E-state index is -0.290. The van der Waals surface area contributed by atoms with Crippen molar-refractivity contribution in [1.29, 1.82) is 0 Å². The Kier molecular flexibility index (Phi) is 7.04. The molecule has 7 nitrogen and oxygen atoms in total. The molecule has 0 radical (unpaired) electrons. The largest absolute Gasteiger partial charge is 0.495 e. The molecule has 1 saturated heterocycles. The molecule has 0 spiro atoms. The molecule has 8 heteroatoms. The van der Waals surface area contributed by atoms with Crippen molar-refractivity contribution in [2.75, 3.05) is 31.6 Å². The van der Waals surface area contributed by atoms with E-state index in [1.807, 2.05) is 30.3 Å². The lowest BCUT2D eigenvalue weighted by Crippen LogP contribution is -2.32. The van der Waals surface area contributed by atoms with Gasteiger partial charge in [0.05, 0.1) is 12.8 Å². The second kappa shape index (κ2) is 9.25. The molecular formula is C19H23ClN4O3. The van der Waals surface area contributed by atoms with Crippen LogP contribution in [0.5, 0.6) is 5.75 Å². The van der Waals surface area contributed by atoms with Crippen LogP contribution < -0.4 is 26.0 Å². The highest BCUT2D eigenvalue weighted by Crippen LogP contribution is 2.30. The topological polar surface area (TPSA) is 96.7 Å². The smallest absolute Gasteiger partial charge is 0.322 e. The third-order valence-corrected chi connectivity index (χ3v) is 4.30. The molecule has 0 aromatic heterocycles. The number of anilines is 1. The molecule has 1 fully saturated rings. The Labute approximate surface area is 164 Å². The van der Waals surface area contributed by atoms with Crippen molar-refractivity contribution >= 4 is 30.0 Å². The van der Waals surface area contributed by atoms with Gasteiger partial charge in [-0.1, -0.05) is 30.3 Å². The molecule has 1 unspecified atom stereocenters. The number of benzene rings is 2. The van der Waals surface area contributed by atoms with Crippen molar-refractivity contribution in [2.45, 2.75) is 6.04 Å². The summed E-state index contributed by atoms with van der Waals surface area (Å²) in [5.74, 6) is 0.291. The number of nitrogens with two attached hydrogens (primary N) is 1. The number of nitrogens with zero attached hydrogens (tertiary/aromatic N) is 1. The van der Waals surface area contributed by atoms with Crippen LogP contribution in [-0.2, 0) is 0 Å². The van der Waals surface area contributed by atoms with Gasteiger partial charge in [0.2, 0.25) is 0 Å². The first-order valence-electron chi connectivity index (χ1n) is 8.42. The van der Waals surface area contributed by atoms with E-state index in [1.54, 1.807) is 23.1 Å². The number of rotatable bonds is 6. The van der Waals surface area contributed by atoms with Crippen LogP contribution in [0.2, 0.25) is 0 Å². The molecule has 4 N–H and O–H groups in total. The number of nitrogens with one attached hydrogen (secondary N) is 2. The molecule has 1 aliphatic heterocycles. The molecule has 1 aliphatic rings. The fourth-order valence-electron chi connectivity index (χ4n) is 2.87. The normalized spacial score (nSPS) is 14.1. The highest BCUT2D eigenvalue weighted by atomic mass is 35.5. The number of hydrogen-bond donors (Lipinski definition) is 3. The zero-order valence-electron chi connectivity index (χ0n) is 15.0. The van der Waals surface area contributed by atoms with Gasteiger partial charge in [-0.15, -0.1) is 12.4 Å². The summed E-state index contributed by atoms with van der Waals surface area (Å²) >= 11 is 0.